The van der Waals surface area contributed by atoms with Crippen molar-refractivity contribution >= 4 is 23.1 Å². The van der Waals surface area contributed by atoms with Gasteiger partial charge in [-0.25, -0.2) is 9.18 Å². The molecule has 0 spiro atoms. The van der Waals surface area contributed by atoms with Gasteiger partial charge in [-0.15, -0.1) is 11.3 Å². The lowest BCUT2D eigenvalue weighted by Crippen LogP contribution is -2.02. The van der Waals surface area contributed by atoms with E-state index < -0.39 is 17.5 Å². The van der Waals surface area contributed by atoms with Gasteiger partial charge < -0.3 is 10.2 Å². The van der Waals surface area contributed by atoms with Crippen molar-refractivity contribution in [3.8, 4) is 0 Å². The van der Waals surface area contributed by atoms with Crippen LogP contribution in [0.15, 0.2) is 48.2 Å². The highest BCUT2D eigenvalue weighted by molar-refractivity contribution is 7.14. The van der Waals surface area contributed by atoms with E-state index in [-0.39, 0.29) is 10.7 Å². The molecule has 2 N–H and O–H groups in total. The van der Waals surface area contributed by atoms with Crippen LogP contribution in [0.25, 0.3) is 0 Å². The number of rotatable bonds is 5. The molecule has 1 aromatic carbocycles. The molecule has 1 aromatic heterocycles. The molecule has 2 aromatic rings. The van der Waals surface area contributed by atoms with Crippen LogP contribution < -0.4 is 0 Å². The minimum atomic E-state index is -1.56. The minimum Gasteiger partial charge on any atom is -0.502 e. The van der Waals surface area contributed by atoms with Gasteiger partial charge in [0.25, 0.3) is 0 Å². The fourth-order valence-corrected chi connectivity index (χ4v) is 2.63. The molecule has 0 unspecified atom stereocenters. The number of aliphatic hydroxyl groups excluding tert-OH is 1. The van der Waals surface area contributed by atoms with Crippen molar-refractivity contribution in [3.63, 3.8) is 0 Å². The van der Waals surface area contributed by atoms with Crippen molar-refractivity contribution in [2.45, 2.75) is 6.42 Å². The van der Waals surface area contributed by atoms with Gasteiger partial charge >= 0.3 is 5.97 Å². The monoisotopic (exact) mass is 306 g/mol. The Morgan fingerprint density at radius 1 is 1.14 bits per heavy atom. The zero-order valence-corrected chi connectivity index (χ0v) is 11.6. The number of benzene rings is 1. The molecular weight excluding hydrogens is 295 g/mol. The van der Waals surface area contributed by atoms with Crippen molar-refractivity contribution in [2.75, 3.05) is 0 Å². The molecular formula is C15H11FO4S. The number of ketones is 1. The number of carbonyl (C=O) groups is 2. The number of carbonyl (C=O) groups excluding carboxylic acids is 1. The molecule has 0 saturated carbocycles. The number of aliphatic hydroxyl groups is 1. The van der Waals surface area contributed by atoms with E-state index in [1.807, 2.05) is 0 Å². The Morgan fingerprint density at radius 3 is 2.52 bits per heavy atom. The Labute approximate surface area is 123 Å². The van der Waals surface area contributed by atoms with Crippen LogP contribution in [0.2, 0.25) is 0 Å². The summed E-state index contributed by atoms with van der Waals surface area (Å²) in [5, 5.41) is 17.5. The molecule has 1 heterocycles. The largest absolute Gasteiger partial charge is 0.502 e. The van der Waals surface area contributed by atoms with Gasteiger partial charge in [-0.05, 0) is 23.8 Å². The second kappa shape index (κ2) is 6.32. The van der Waals surface area contributed by atoms with Gasteiger partial charge in [-0.3, -0.25) is 4.79 Å². The van der Waals surface area contributed by atoms with Crippen LogP contribution in [0.4, 0.5) is 4.39 Å². The summed E-state index contributed by atoms with van der Waals surface area (Å²) in [7, 11) is 0. The summed E-state index contributed by atoms with van der Waals surface area (Å²) in [5.74, 6) is -3.49. The third-order valence-electron chi connectivity index (χ3n) is 2.71. The van der Waals surface area contributed by atoms with E-state index in [1.165, 1.54) is 12.1 Å². The van der Waals surface area contributed by atoms with Crippen LogP contribution in [0.1, 0.15) is 20.1 Å². The first-order valence-corrected chi connectivity index (χ1v) is 6.79. The zero-order chi connectivity index (χ0) is 15.4. The molecule has 21 heavy (non-hydrogen) atoms. The Hall–Kier alpha value is -2.47. The van der Waals surface area contributed by atoms with Gasteiger partial charge in [0.15, 0.2) is 5.78 Å². The van der Waals surface area contributed by atoms with Crippen molar-refractivity contribution in [1.82, 2.24) is 0 Å². The van der Waals surface area contributed by atoms with Crippen LogP contribution in [-0.2, 0) is 11.2 Å². The number of carboxylic acid groups (broad SMARTS) is 1. The van der Waals surface area contributed by atoms with Crippen molar-refractivity contribution < 1.29 is 24.2 Å². The SMILES string of the molecule is O=C(O)/C(O)=C/C(=O)c1ccc(Cc2ccccc2F)s1. The summed E-state index contributed by atoms with van der Waals surface area (Å²) in [6.07, 6.45) is 1.00. The van der Waals surface area contributed by atoms with Gasteiger partial charge in [0, 0.05) is 17.4 Å². The molecule has 4 nitrogen and oxygen atoms in total. The third kappa shape index (κ3) is 3.76. The molecule has 0 amide bonds. The highest BCUT2D eigenvalue weighted by Gasteiger charge is 2.12. The first-order chi connectivity index (χ1) is 9.97. The van der Waals surface area contributed by atoms with Crippen LogP contribution in [-0.4, -0.2) is 22.0 Å². The molecule has 0 saturated heterocycles. The quantitative estimate of drug-likeness (QED) is 0.505. The van der Waals surface area contributed by atoms with Gasteiger partial charge in [0.2, 0.25) is 5.76 Å². The second-order valence-electron chi connectivity index (χ2n) is 4.23. The predicted molar refractivity (Wildman–Crippen MR) is 76.2 cm³/mol. The van der Waals surface area contributed by atoms with Crippen LogP contribution >= 0.6 is 11.3 Å². The molecule has 0 atom stereocenters. The highest BCUT2D eigenvalue weighted by atomic mass is 32.1. The smallest absolute Gasteiger partial charge is 0.371 e. The molecule has 0 aliphatic carbocycles. The summed E-state index contributed by atoms with van der Waals surface area (Å²) < 4.78 is 13.5. The minimum absolute atomic E-state index is 0.286. The normalized spacial score (nSPS) is 11.4. The molecule has 0 fully saturated rings. The maximum Gasteiger partial charge on any atom is 0.371 e. The Balaban J connectivity index is 2.15. The summed E-state index contributed by atoms with van der Waals surface area (Å²) >= 11 is 1.13. The average Bonchev–Trinajstić information content (AvgIpc) is 2.90. The first-order valence-electron chi connectivity index (χ1n) is 5.98. The van der Waals surface area contributed by atoms with E-state index in [4.69, 9.17) is 10.2 Å². The molecule has 0 radical (unpaired) electrons. The molecule has 0 aliphatic heterocycles. The first kappa shape index (κ1) is 14.9. The molecule has 6 heteroatoms. The number of thiophene rings is 1. The summed E-state index contributed by atoms with van der Waals surface area (Å²) in [6.45, 7) is 0. The zero-order valence-electron chi connectivity index (χ0n) is 10.7. The molecule has 108 valence electrons. The third-order valence-corrected chi connectivity index (χ3v) is 3.81. The topological polar surface area (TPSA) is 74.6 Å². The van der Waals surface area contributed by atoms with Crippen molar-refractivity contribution in [2.24, 2.45) is 0 Å². The van der Waals surface area contributed by atoms with Gasteiger partial charge in [-0.1, -0.05) is 18.2 Å². The molecule has 0 aliphatic rings. The average molecular weight is 306 g/mol. The fourth-order valence-electron chi connectivity index (χ4n) is 1.69. The number of halogens is 1. The van der Waals surface area contributed by atoms with E-state index in [0.717, 1.165) is 16.2 Å². The number of carboxylic acids is 1. The molecule has 0 bridgehead atoms. The van der Waals surface area contributed by atoms with E-state index in [1.54, 1.807) is 24.3 Å². The van der Waals surface area contributed by atoms with Crippen LogP contribution in [0, 0.1) is 5.82 Å². The summed E-state index contributed by atoms with van der Waals surface area (Å²) in [5.41, 5.74) is 0.516. The van der Waals surface area contributed by atoms with Crippen molar-refractivity contribution in [3.05, 3.63) is 69.4 Å². The lowest BCUT2D eigenvalue weighted by atomic mass is 10.1. The lowest BCUT2D eigenvalue weighted by Gasteiger charge is -1.99. The lowest BCUT2D eigenvalue weighted by molar-refractivity contribution is -0.135. The standard InChI is InChI=1S/C15H11FO4S/c16-11-4-2-1-3-9(11)7-10-5-6-14(21-10)12(17)8-13(18)15(19)20/h1-6,8,18H,7H2,(H,19,20)/b13-8-. The van der Waals surface area contributed by atoms with Crippen molar-refractivity contribution in [1.29, 1.82) is 0 Å². The van der Waals surface area contributed by atoms with Gasteiger partial charge in [0.05, 0.1) is 4.88 Å². The maximum atomic E-state index is 13.5. The van der Waals surface area contributed by atoms with Gasteiger partial charge in [-0.2, -0.15) is 0 Å². The van der Waals surface area contributed by atoms with E-state index >= 15 is 0 Å². The number of allylic oxidation sites excluding steroid dienone is 1. The Morgan fingerprint density at radius 2 is 1.86 bits per heavy atom. The fraction of sp³-hybridized carbons (Fsp3) is 0.0667. The Bertz CT molecular complexity index is 718. The maximum absolute atomic E-state index is 13.5. The highest BCUT2D eigenvalue weighted by Crippen LogP contribution is 2.22. The molecule has 2 rings (SSSR count). The van der Waals surface area contributed by atoms with E-state index in [2.05, 4.69) is 0 Å². The Kier molecular flexibility index (Phi) is 4.49. The number of hydrogen-bond donors (Lipinski definition) is 2. The van der Waals surface area contributed by atoms with Crippen LogP contribution in [0.5, 0.6) is 0 Å². The van der Waals surface area contributed by atoms with Crippen LogP contribution in [0.3, 0.4) is 0 Å². The number of aliphatic carboxylic acids is 1. The summed E-state index contributed by atoms with van der Waals surface area (Å²) in [4.78, 5) is 23.2. The predicted octanol–water partition coefficient (Wildman–Crippen LogP) is 3.19. The summed E-state index contributed by atoms with van der Waals surface area (Å²) in [6, 6.07) is 9.55. The van der Waals surface area contributed by atoms with Gasteiger partial charge in [0.1, 0.15) is 5.82 Å². The van der Waals surface area contributed by atoms with E-state index in [9.17, 15) is 14.0 Å². The number of hydrogen-bond acceptors (Lipinski definition) is 4. The van der Waals surface area contributed by atoms with E-state index in [0.29, 0.717) is 18.1 Å². The second-order valence-corrected chi connectivity index (χ2v) is 5.40.